The van der Waals surface area contributed by atoms with E-state index in [0.717, 1.165) is 0 Å². The highest BCUT2D eigenvalue weighted by Crippen LogP contribution is 2.22. The van der Waals surface area contributed by atoms with Crippen LogP contribution in [0.4, 0.5) is 13.2 Å². The minimum Gasteiger partial charge on any atom is -0.481 e. The minimum atomic E-state index is -4.07. The Hall–Kier alpha value is -0.390. The van der Waals surface area contributed by atoms with E-state index < -0.39 is 18.6 Å². The third-order valence-electron chi connectivity index (χ3n) is 1.43. The predicted octanol–water partition coefficient (Wildman–Crippen LogP) is 2.93. The number of hydrogen-bond donors (Lipinski definition) is 1. The van der Waals surface area contributed by atoms with E-state index >= 15 is 0 Å². The molecule has 14 heavy (non-hydrogen) atoms. The van der Waals surface area contributed by atoms with Gasteiger partial charge in [-0.15, -0.1) is 0 Å². The molecule has 1 N–H and O–H groups in total. The first kappa shape index (κ1) is 13.6. The van der Waals surface area contributed by atoms with Crippen LogP contribution in [0.1, 0.15) is 25.7 Å². The van der Waals surface area contributed by atoms with E-state index in [0.29, 0.717) is 17.9 Å². The zero-order valence-electron chi connectivity index (χ0n) is 7.64. The van der Waals surface area contributed by atoms with Gasteiger partial charge in [-0.05, 0) is 24.3 Å². The van der Waals surface area contributed by atoms with Gasteiger partial charge < -0.3 is 5.11 Å². The van der Waals surface area contributed by atoms with Crippen molar-refractivity contribution in [3.05, 3.63) is 0 Å². The van der Waals surface area contributed by atoms with E-state index in [1.807, 2.05) is 0 Å². The van der Waals surface area contributed by atoms with Crippen LogP contribution in [0.25, 0.3) is 0 Å². The maximum Gasteiger partial charge on any atom is 0.389 e. The molecular weight excluding hydrogens is 217 g/mol. The number of rotatable bonds is 7. The van der Waals surface area contributed by atoms with Crippen LogP contribution in [0.2, 0.25) is 0 Å². The molecule has 0 aliphatic rings. The summed E-state index contributed by atoms with van der Waals surface area (Å²) >= 11 is 1.37. The van der Waals surface area contributed by atoms with Gasteiger partial charge in [0.2, 0.25) is 0 Å². The van der Waals surface area contributed by atoms with E-state index in [1.54, 1.807) is 0 Å². The first-order valence-corrected chi connectivity index (χ1v) is 5.43. The Labute approximate surface area is 84.9 Å². The lowest BCUT2D eigenvalue weighted by Crippen LogP contribution is -2.07. The van der Waals surface area contributed by atoms with Crippen LogP contribution < -0.4 is 0 Å². The summed E-state index contributed by atoms with van der Waals surface area (Å²) in [4.78, 5) is 10.1. The van der Waals surface area contributed by atoms with Crippen LogP contribution in [-0.2, 0) is 4.79 Å². The average molecular weight is 230 g/mol. The van der Waals surface area contributed by atoms with Gasteiger partial charge in [0.1, 0.15) is 0 Å². The van der Waals surface area contributed by atoms with Crippen LogP contribution in [0, 0.1) is 0 Å². The van der Waals surface area contributed by atoms with Crippen molar-refractivity contribution >= 4 is 17.7 Å². The molecular formula is C8H13F3O2S. The number of alkyl halides is 3. The van der Waals surface area contributed by atoms with Crippen molar-refractivity contribution in [1.82, 2.24) is 0 Å². The number of aliphatic carboxylic acids is 1. The molecule has 0 saturated carbocycles. The third-order valence-corrected chi connectivity index (χ3v) is 2.58. The van der Waals surface area contributed by atoms with Gasteiger partial charge in [0.05, 0.1) is 0 Å². The molecule has 0 radical (unpaired) electrons. The molecule has 0 spiro atoms. The molecule has 0 aromatic rings. The fourth-order valence-electron chi connectivity index (χ4n) is 0.802. The Kier molecular flexibility index (Phi) is 6.78. The van der Waals surface area contributed by atoms with Crippen molar-refractivity contribution in [2.45, 2.75) is 31.9 Å². The summed E-state index contributed by atoms with van der Waals surface area (Å²) in [5.41, 5.74) is 0. The normalized spacial score (nSPS) is 11.6. The highest BCUT2D eigenvalue weighted by Gasteiger charge is 2.25. The van der Waals surface area contributed by atoms with Crippen LogP contribution in [0.3, 0.4) is 0 Å². The summed E-state index contributed by atoms with van der Waals surface area (Å²) in [6, 6.07) is 0. The number of halogens is 3. The summed E-state index contributed by atoms with van der Waals surface area (Å²) in [6.07, 6.45) is -4.10. The molecule has 0 aromatic heterocycles. The molecule has 6 heteroatoms. The minimum absolute atomic E-state index is 0.0896. The molecule has 0 atom stereocenters. The van der Waals surface area contributed by atoms with Crippen molar-refractivity contribution in [2.24, 2.45) is 0 Å². The van der Waals surface area contributed by atoms with Crippen LogP contribution in [-0.4, -0.2) is 28.8 Å². The molecule has 0 aromatic carbocycles. The Balaban J connectivity index is 3.11. The van der Waals surface area contributed by atoms with Crippen LogP contribution in [0.5, 0.6) is 0 Å². The molecule has 0 heterocycles. The molecule has 2 nitrogen and oxygen atoms in total. The highest BCUT2D eigenvalue weighted by molar-refractivity contribution is 7.99. The van der Waals surface area contributed by atoms with E-state index in [1.165, 1.54) is 11.8 Å². The molecule has 0 rings (SSSR count). The van der Waals surface area contributed by atoms with Gasteiger partial charge in [0, 0.05) is 12.8 Å². The smallest absolute Gasteiger partial charge is 0.389 e. The lowest BCUT2D eigenvalue weighted by Gasteiger charge is -2.04. The van der Waals surface area contributed by atoms with E-state index in [9.17, 15) is 18.0 Å². The monoisotopic (exact) mass is 230 g/mol. The molecule has 0 aliphatic carbocycles. The zero-order chi connectivity index (χ0) is 11.0. The molecule has 0 aliphatic heterocycles. The zero-order valence-corrected chi connectivity index (χ0v) is 8.46. The molecule has 0 bridgehead atoms. The standard InChI is InChI=1S/C8H13F3O2S/c9-8(10,11)4-2-6-14-5-1-3-7(12)13/h1-6H2,(H,12,13). The second-order valence-electron chi connectivity index (χ2n) is 2.83. The second kappa shape index (κ2) is 6.98. The number of hydrogen-bond acceptors (Lipinski definition) is 2. The number of carboxylic acid groups (broad SMARTS) is 1. The van der Waals surface area contributed by atoms with Gasteiger partial charge >= 0.3 is 12.1 Å². The average Bonchev–Trinajstić information content (AvgIpc) is 2.00. The van der Waals surface area contributed by atoms with Crippen LogP contribution in [0.15, 0.2) is 0 Å². The molecule has 0 unspecified atom stereocenters. The summed E-state index contributed by atoms with van der Waals surface area (Å²) < 4.78 is 34.9. The van der Waals surface area contributed by atoms with Gasteiger partial charge in [-0.3, -0.25) is 4.79 Å². The van der Waals surface area contributed by atoms with Crippen molar-refractivity contribution in [3.8, 4) is 0 Å². The van der Waals surface area contributed by atoms with Crippen molar-refractivity contribution in [2.75, 3.05) is 11.5 Å². The van der Waals surface area contributed by atoms with E-state index in [4.69, 9.17) is 5.11 Å². The largest absolute Gasteiger partial charge is 0.481 e. The maximum atomic E-state index is 11.6. The Morgan fingerprint density at radius 2 is 1.79 bits per heavy atom. The second-order valence-corrected chi connectivity index (χ2v) is 4.05. The van der Waals surface area contributed by atoms with E-state index in [-0.39, 0.29) is 12.8 Å². The lowest BCUT2D eigenvalue weighted by molar-refractivity contribution is -0.137. The lowest BCUT2D eigenvalue weighted by atomic mass is 10.3. The van der Waals surface area contributed by atoms with Crippen LogP contribution >= 0.6 is 11.8 Å². The van der Waals surface area contributed by atoms with Gasteiger partial charge in [-0.1, -0.05) is 0 Å². The van der Waals surface area contributed by atoms with Gasteiger partial charge in [-0.25, -0.2) is 0 Å². The van der Waals surface area contributed by atoms with Gasteiger partial charge in [0.25, 0.3) is 0 Å². The summed E-state index contributed by atoms with van der Waals surface area (Å²) in [5.74, 6) is 0.199. The van der Waals surface area contributed by atoms with Crippen molar-refractivity contribution in [3.63, 3.8) is 0 Å². The Morgan fingerprint density at radius 1 is 1.21 bits per heavy atom. The first-order valence-electron chi connectivity index (χ1n) is 4.28. The first-order chi connectivity index (χ1) is 6.42. The van der Waals surface area contributed by atoms with Gasteiger partial charge in [0.15, 0.2) is 0 Å². The highest BCUT2D eigenvalue weighted by atomic mass is 32.2. The topological polar surface area (TPSA) is 37.3 Å². The third kappa shape index (κ3) is 11.6. The fraction of sp³-hybridized carbons (Fsp3) is 0.875. The number of carbonyl (C=O) groups is 1. The SMILES string of the molecule is O=C(O)CCCSCCCC(F)(F)F. The molecule has 84 valence electrons. The number of carboxylic acids is 1. The Bertz CT molecular complexity index is 170. The van der Waals surface area contributed by atoms with Crippen molar-refractivity contribution < 1.29 is 23.1 Å². The molecule has 0 amide bonds. The summed E-state index contributed by atoms with van der Waals surface area (Å²) in [7, 11) is 0. The van der Waals surface area contributed by atoms with Gasteiger partial charge in [-0.2, -0.15) is 24.9 Å². The molecule has 0 fully saturated rings. The van der Waals surface area contributed by atoms with E-state index in [2.05, 4.69) is 0 Å². The van der Waals surface area contributed by atoms with Crippen molar-refractivity contribution in [1.29, 1.82) is 0 Å². The number of thioether (sulfide) groups is 1. The summed E-state index contributed by atoms with van der Waals surface area (Å²) in [6.45, 7) is 0. The maximum absolute atomic E-state index is 11.6. The molecule has 0 saturated heterocycles. The predicted molar refractivity (Wildman–Crippen MR) is 49.5 cm³/mol. The Morgan fingerprint density at radius 3 is 2.29 bits per heavy atom. The summed E-state index contributed by atoms with van der Waals surface area (Å²) in [5, 5.41) is 8.26. The fourth-order valence-corrected chi connectivity index (χ4v) is 1.70. The quantitative estimate of drug-likeness (QED) is 0.683.